The molecule has 6 heteroatoms. The van der Waals surface area contributed by atoms with Gasteiger partial charge in [0, 0.05) is 19.9 Å². The molecule has 0 aliphatic heterocycles. The number of nitrogens with zero attached hydrogens (tertiary/aromatic N) is 2. The van der Waals surface area contributed by atoms with E-state index >= 15 is 0 Å². The third-order valence-electron chi connectivity index (χ3n) is 4.42. The van der Waals surface area contributed by atoms with Crippen LogP contribution in [0.2, 0.25) is 0 Å². The number of nitrogens with one attached hydrogen (secondary N) is 1. The summed E-state index contributed by atoms with van der Waals surface area (Å²) in [5.41, 5.74) is 4.09. The van der Waals surface area contributed by atoms with Crippen molar-refractivity contribution < 1.29 is 14.3 Å². The molecule has 2 aromatic rings. The van der Waals surface area contributed by atoms with Crippen LogP contribution >= 0.6 is 0 Å². The van der Waals surface area contributed by atoms with E-state index in [1.807, 2.05) is 16.7 Å². The number of amides is 1. The molecule has 1 heterocycles. The quantitative estimate of drug-likeness (QED) is 0.843. The minimum absolute atomic E-state index is 0.124. The number of carbonyl (C=O) groups excluding carboxylic acids is 1. The van der Waals surface area contributed by atoms with E-state index in [9.17, 15) is 4.79 Å². The highest BCUT2D eigenvalue weighted by Gasteiger charge is 2.19. The summed E-state index contributed by atoms with van der Waals surface area (Å²) in [6, 6.07) is 3.97. The number of hydrogen-bond acceptors (Lipinski definition) is 4. The second-order valence-corrected chi connectivity index (χ2v) is 5.93. The Labute approximate surface area is 141 Å². The second-order valence-electron chi connectivity index (χ2n) is 5.93. The number of rotatable bonds is 7. The van der Waals surface area contributed by atoms with Crippen LogP contribution in [0.4, 0.5) is 0 Å². The summed E-state index contributed by atoms with van der Waals surface area (Å²) in [7, 11) is 3.27. The first kappa shape index (κ1) is 16.5. The molecule has 0 bridgehead atoms. The molecule has 0 atom stereocenters. The summed E-state index contributed by atoms with van der Waals surface area (Å²) in [5.74, 6) is 0.516. The Hall–Kier alpha value is -2.34. The van der Waals surface area contributed by atoms with Gasteiger partial charge in [0.1, 0.15) is 5.75 Å². The van der Waals surface area contributed by atoms with E-state index in [-0.39, 0.29) is 5.91 Å². The van der Waals surface area contributed by atoms with Gasteiger partial charge in [0.05, 0.1) is 37.8 Å². The zero-order valence-corrected chi connectivity index (χ0v) is 14.2. The maximum absolute atomic E-state index is 12.6. The van der Waals surface area contributed by atoms with Crippen molar-refractivity contribution in [1.82, 2.24) is 14.9 Å². The van der Waals surface area contributed by atoms with E-state index in [1.54, 1.807) is 26.7 Å². The standard InChI is InChI=1S/C18H23N3O3/c1-23-7-6-21-12-19-10-15(21)11-20-18(22)16-8-13-4-3-5-14(13)9-17(16)24-2/h8-10,12H,3-7,11H2,1-2H3,(H,20,22). The zero-order valence-electron chi connectivity index (χ0n) is 14.2. The van der Waals surface area contributed by atoms with Crippen LogP contribution in [0.5, 0.6) is 5.75 Å². The average molecular weight is 329 g/mol. The highest BCUT2D eigenvalue weighted by Crippen LogP contribution is 2.29. The molecule has 24 heavy (non-hydrogen) atoms. The van der Waals surface area contributed by atoms with Crippen LogP contribution in [0.3, 0.4) is 0 Å². The summed E-state index contributed by atoms with van der Waals surface area (Å²) in [4.78, 5) is 16.7. The topological polar surface area (TPSA) is 65.4 Å². The fraction of sp³-hybridized carbons (Fsp3) is 0.444. The van der Waals surface area contributed by atoms with E-state index < -0.39 is 0 Å². The Bertz CT molecular complexity index is 724. The lowest BCUT2D eigenvalue weighted by molar-refractivity contribution is 0.0946. The summed E-state index contributed by atoms with van der Waals surface area (Å²) in [6.07, 6.45) is 6.74. The summed E-state index contributed by atoms with van der Waals surface area (Å²) < 4.78 is 12.5. The molecule has 0 spiro atoms. The monoisotopic (exact) mass is 329 g/mol. The molecule has 0 fully saturated rings. The van der Waals surface area contributed by atoms with Gasteiger partial charge >= 0.3 is 0 Å². The van der Waals surface area contributed by atoms with Crippen molar-refractivity contribution in [2.45, 2.75) is 32.4 Å². The third-order valence-corrected chi connectivity index (χ3v) is 4.42. The first-order valence-corrected chi connectivity index (χ1v) is 8.19. The molecule has 1 aromatic carbocycles. The maximum Gasteiger partial charge on any atom is 0.255 e. The predicted molar refractivity (Wildman–Crippen MR) is 90.3 cm³/mol. The van der Waals surface area contributed by atoms with Gasteiger partial charge in [0.15, 0.2) is 0 Å². The summed E-state index contributed by atoms with van der Waals surface area (Å²) in [5, 5.41) is 2.96. The van der Waals surface area contributed by atoms with Gasteiger partial charge in [-0.2, -0.15) is 0 Å². The molecule has 0 radical (unpaired) electrons. The van der Waals surface area contributed by atoms with Crippen LogP contribution in [-0.4, -0.2) is 36.3 Å². The average Bonchev–Trinajstić information content (AvgIpc) is 3.24. The Morgan fingerprint density at radius 2 is 2.08 bits per heavy atom. The highest BCUT2D eigenvalue weighted by atomic mass is 16.5. The van der Waals surface area contributed by atoms with E-state index in [1.165, 1.54) is 11.1 Å². The van der Waals surface area contributed by atoms with Crippen molar-refractivity contribution in [1.29, 1.82) is 0 Å². The third kappa shape index (κ3) is 3.43. The van der Waals surface area contributed by atoms with Gasteiger partial charge in [-0.1, -0.05) is 0 Å². The van der Waals surface area contributed by atoms with Gasteiger partial charge in [-0.15, -0.1) is 0 Å². The number of hydrogen-bond donors (Lipinski definition) is 1. The Morgan fingerprint density at radius 1 is 1.29 bits per heavy atom. The van der Waals surface area contributed by atoms with Gasteiger partial charge in [-0.05, 0) is 42.5 Å². The Kier molecular flexibility index (Phi) is 5.15. The summed E-state index contributed by atoms with van der Waals surface area (Å²) >= 11 is 0. The van der Waals surface area contributed by atoms with Crippen molar-refractivity contribution >= 4 is 5.91 Å². The summed E-state index contributed by atoms with van der Waals surface area (Å²) in [6.45, 7) is 1.74. The molecule has 1 aromatic heterocycles. The van der Waals surface area contributed by atoms with Gasteiger partial charge in [-0.25, -0.2) is 4.98 Å². The zero-order chi connectivity index (χ0) is 16.9. The van der Waals surface area contributed by atoms with Crippen LogP contribution in [0.25, 0.3) is 0 Å². The fourth-order valence-corrected chi connectivity index (χ4v) is 3.10. The van der Waals surface area contributed by atoms with Crippen LogP contribution in [0.15, 0.2) is 24.7 Å². The number of imidazole rings is 1. The molecule has 0 saturated heterocycles. The van der Waals surface area contributed by atoms with Crippen molar-refractivity contribution in [3.8, 4) is 5.75 Å². The van der Waals surface area contributed by atoms with Crippen LogP contribution in [0.1, 0.15) is 33.6 Å². The minimum Gasteiger partial charge on any atom is -0.496 e. The first-order chi connectivity index (χ1) is 11.7. The van der Waals surface area contributed by atoms with Gasteiger partial charge in [-0.3, -0.25) is 4.79 Å². The number of ether oxygens (including phenoxy) is 2. The SMILES string of the molecule is COCCn1cncc1CNC(=O)c1cc2c(cc1OC)CCC2. The van der Waals surface area contributed by atoms with E-state index in [2.05, 4.69) is 10.3 Å². The van der Waals surface area contributed by atoms with E-state index in [0.29, 0.717) is 31.0 Å². The molecule has 128 valence electrons. The molecule has 1 amide bonds. The normalized spacial score (nSPS) is 12.9. The minimum atomic E-state index is -0.124. The van der Waals surface area contributed by atoms with E-state index in [0.717, 1.165) is 25.0 Å². The molecule has 6 nitrogen and oxygen atoms in total. The van der Waals surface area contributed by atoms with Crippen molar-refractivity contribution in [2.24, 2.45) is 0 Å². The van der Waals surface area contributed by atoms with Gasteiger partial charge < -0.3 is 19.4 Å². The molecule has 0 saturated carbocycles. The smallest absolute Gasteiger partial charge is 0.255 e. The molecule has 1 aliphatic carbocycles. The Morgan fingerprint density at radius 3 is 2.83 bits per heavy atom. The number of methoxy groups -OCH3 is 2. The van der Waals surface area contributed by atoms with E-state index in [4.69, 9.17) is 9.47 Å². The van der Waals surface area contributed by atoms with Crippen LogP contribution in [-0.2, 0) is 30.7 Å². The highest BCUT2D eigenvalue weighted by molar-refractivity contribution is 5.97. The Balaban J connectivity index is 1.70. The molecule has 3 rings (SSSR count). The van der Waals surface area contributed by atoms with Crippen molar-refractivity contribution in [3.63, 3.8) is 0 Å². The van der Waals surface area contributed by atoms with Crippen molar-refractivity contribution in [3.05, 3.63) is 47.0 Å². The lowest BCUT2D eigenvalue weighted by Crippen LogP contribution is -2.25. The number of benzene rings is 1. The molecule has 1 N–H and O–H groups in total. The number of carbonyl (C=O) groups is 1. The first-order valence-electron chi connectivity index (χ1n) is 8.19. The molecular weight excluding hydrogens is 306 g/mol. The lowest BCUT2D eigenvalue weighted by Gasteiger charge is -2.13. The maximum atomic E-state index is 12.6. The molecular formula is C18H23N3O3. The number of aromatic nitrogens is 2. The van der Waals surface area contributed by atoms with Gasteiger partial charge in [0.25, 0.3) is 5.91 Å². The fourth-order valence-electron chi connectivity index (χ4n) is 3.10. The number of fused-ring (bicyclic) bond motifs is 1. The second kappa shape index (κ2) is 7.49. The predicted octanol–water partition coefficient (Wildman–Crippen LogP) is 1.96. The van der Waals surface area contributed by atoms with Crippen molar-refractivity contribution in [2.75, 3.05) is 20.8 Å². The lowest BCUT2D eigenvalue weighted by atomic mass is 10.0. The molecule has 1 aliphatic rings. The largest absolute Gasteiger partial charge is 0.496 e. The molecule has 0 unspecified atom stereocenters. The van der Waals surface area contributed by atoms with Gasteiger partial charge in [0.2, 0.25) is 0 Å². The van der Waals surface area contributed by atoms with Crippen LogP contribution in [0, 0.1) is 0 Å². The number of aryl methyl sites for hydroxylation is 2. The van der Waals surface area contributed by atoms with Crippen LogP contribution < -0.4 is 10.1 Å².